The van der Waals surface area contributed by atoms with Crippen LogP contribution in [0.5, 0.6) is 0 Å². The average Bonchev–Trinajstić information content (AvgIpc) is 2.64. The maximum absolute atomic E-state index is 12.5. The van der Waals surface area contributed by atoms with Gasteiger partial charge < -0.3 is 15.4 Å². The second-order valence-electron chi connectivity index (χ2n) is 7.43. The van der Waals surface area contributed by atoms with Crippen molar-refractivity contribution in [1.29, 1.82) is 0 Å². The average molecular weight is 379 g/mol. The Morgan fingerprint density at radius 3 is 2.67 bits per heavy atom. The summed E-state index contributed by atoms with van der Waals surface area (Å²) in [6.07, 6.45) is 4.50. The minimum Gasteiger partial charge on any atom is -0.379 e. The van der Waals surface area contributed by atoms with Crippen molar-refractivity contribution in [2.45, 2.75) is 47.0 Å². The molecule has 0 spiro atoms. The molecule has 0 aromatic carbocycles. The lowest BCUT2D eigenvalue weighted by Crippen LogP contribution is -2.37. The Labute approximate surface area is 165 Å². The van der Waals surface area contributed by atoms with E-state index in [4.69, 9.17) is 4.74 Å². The molecule has 0 saturated carbocycles. The van der Waals surface area contributed by atoms with Crippen molar-refractivity contribution in [3.8, 4) is 0 Å². The molecule has 0 aliphatic carbocycles. The maximum atomic E-state index is 12.5. The number of nitrogens with one attached hydrogen (secondary N) is 2. The molecule has 1 heterocycles. The van der Waals surface area contributed by atoms with Crippen LogP contribution in [0.15, 0.2) is 28.4 Å². The number of carbonyl (C=O) groups is 1. The first-order valence-corrected chi connectivity index (χ1v) is 10.2. The summed E-state index contributed by atoms with van der Waals surface area (Å²) in [6.45, 7) is 18.3. The topological polar surface area (TPSA) is 66.0 Å². The summed E-state index contributed by atoms with van der Waals surface area (Å²) in [4.78, 5) is 19.3. The summed E-state index contributed by atoms with van der Waals surface area (Å²) in [7, 11) is 0. The van der Waals surface area contributed by atoms with Gasteiger partial charge in [-0.1, -0.05) is 33.8 Å². The van der Waals surface area contributed by atoms with Gasteiger partial charge in [0.2, 0.25) is 5.91 Å². The molecule has 1 saturated heterocycles. The molecule has 1 aliphatic heterocycles. The van der Waals surface area contributed by atoms with Gasteiger partial charge in [-0.3, -0.25) is 14.7 Å². The highest BCUT2D eigenvalue weighted by Gasteiger charge is 2.13. The number of hydrogen-bond donors (Lipinski definition) is 2. The molecule has 154 valence electrons. The van der Waals surface area contributed by atoms with E-state index < -0.39 is 0 Å². The van der Waals surface area contributed by atoms with E-state index in [2.05, 4.69) is 47.9 Å². The molecule has 0 aromatic rings. The summed E-state index contributed by atoms with van der Waals surface area (Å²) in [5.74, 6) is 0.526. The van der Waals surface area contributed by atoms with Crippen molar-refractivity contribution in [2.75, 3.05) is 45.9 Å². The lowest BCUT2D eigenvalue weighted by atomic mass is 10.0. The van der Waals surface area contributed by atoms with Crippen LogP contribution >= 0.6 is 0 Å². The van der Waals surface area contributed by atoms with Crippen molar-refractivity contribution in [2.24, 2.45) is 10.9 Å². The molecule has 1 rings (SSSR count). The Hall–Kier alpha value is -1.66. The number of hydrogen-bond acceptors (Lipinski definition) is 4. The van der Waals surface area contributed by atoms with E-state index in [1.807, 2.05) is 6.92 Å². The SMILES string of the molecule is C=C(CCC)/C(NC=NCCN1CCOCC1)=C(\C)C(=O)NCCC(C)C. The Morgan fingerprint density at radius 1 is 1.33 bits per heavy atom. The van der Waals surface area contributed by atoms with Crippen molar-refractivity contribution in [3.63, 3.8) is 0 Å². The molecule has 0 aromatic heterocycles. The van der Waals surface area contributed by atoms with Crippen LogP contribution in [0.3, 0.4) is 0 Å². The third-order valence-corrected chi connectivity index (χ3v) is 4.58. The van der Waals surface area contributed by atoms with Gasteiger partial charge in [0, 0.05) is 31.8 Å². The number of nitrogens with zero attached hydrogens (tertiary/aromatic N) is 2. The summed E-state index contributed by atoms with van der Waals surface area (Å²) in [5, 5.41) is 6.20. The summed E-state index contributed by atoms with van der Waals surface area (Å²) < 4.78 is 5.35. The Kier molecular flexibility index (Phi) is 11.7. The fraction of sp³-hybridized carbons (Fsp3) is 0.714. The molecule has 0 radical (unpaired) electrons. The zero-order valence-corrected chi connectivity index (χ0v) is 17.6. The number of morpholine rings is 1. The standard InChI is InChI=1S/C21H38N4O2/c1-6-7-18(4)20(19(5)21(26)23-9-8-17(2)3)24-16-22-10-11-25-12-14-27-15-13-25/h16-17H,4,6-15H2,1-3,5H3,(H,22,24)(H,23,26)/b20-19-. The van der Waals surface area contributed by atoms with Gasteiger partial charge in [-0.05, 0) is 31.3 Å². The van der Waals surface area contributed by atoms with Crippen LogP contribution in [-0.4, -0.2) is 63.1 Å². The fourth-order valence-electron chi connectivity index (χ4n) is 2.82. The van der Waals surface area contributed by atoms with Crippen LogP contribution in [0.4, 0.5) is 0 Å². The number of aliphatic imine (C=N–C) groups is 1. The van der Waals surface area contributed by atoms with E-state index in [0.717, 1.165) is 69.9 Å². The molecule has 0 unspecified atom stereocenters. The van der Waals surface area contributed by atoms with Gasteiger partial charge >= 0.3 is 0 Å². The molecule has 1 aliphatic rings. The Balaban J connectivity index is 2.59. The highest BCUT2D eigenvalue weighted by Crippen LogP contribution is 2.15. The monoisotopic (exact) mass is 378 g/mol. The number of allylic oxidation sites excluding steroid dienone is 1. The van der Waals surface area contributed by atoms with Crippen LogP contribution in [0.1, 0.15) is 47.0 Å². The van der Waals surface area contributed by atoms with Crippen molar-refractivity contribution in [3.05, 3.63) is 23.4 Å². The van der Waals surface area contributed by atoms with E-state index in [1.54, 1.807) is 6.34 Å². The van der Waals surface area contributed by atoms with E-state index in [-0.39, 0.29) is 5.91 Å². The first-order chi connectivity index (χ1) is 13.0. The molecular weight excluding hydrogens is 340 g/mol. The Morgan fingerprint density at radius 2 is 2.04 bits per heavy atom. The van der Waals surface area contributed by atoms with Crippen LogP contribution in [-0.2, 0) is 9.53 Å². The first-order valence-electron chi connectivity index (χ1n) is 10.2. The van der Waals surface area contributed by atoms with Crippen molar-refractivity contribution < 1.29 is 9.53 Å². The molecule has 27 heavy (non-hydrogen) atoms. The van der Waals surface area contributed by atoms with E-state index in [0.29, 0.717) is 18.0 Å². The summed E-state index contributed by atoms with van der Waals surface area (Å²) >= 11 is 0. The maximum Gasteiger partial charge on any atom is 0.249 e. The predicted octanol–water partition coefficient (Wildman–Crippen LogP) is 2.73. The number of rotatable bonds is 12. The molecule has 1 fully saturated rings. The van der Waals surface area contributed by atoms with Gasteiger partial charge in [0.05, 0.1) is 31.8 Å². The number of amides is 1. The van der Waals surface area contributed by atoms with Crippen molar-refractivity contribution in [1.82, 2.24) is 15.5 Å². The van der Waals surface area contributed by atoms with E-state index in [1.165, 1.54) is 0 Å². The largest absolute Gasteiger partial charge is 0.379 e. The number of ether oxygens (including phenoxy) is 1. The van der Waals surface area contributed by atoms with Gasteiger partial charge in [-0.2, -0.15) is 0 Å². The quantitative estimate of drug-likeness (QED) is 0.237. The molecule has 1 amide bonds. The third-order valence-electron chi connectivity index (χ3n) is 4.58. The minimum absolute atomic E-state index is 0.0443. The normalized spacial score (nSPS) is 16.5. The van der Waals surface area contributed by atoms with Crippen LogP contribution < -0.4 is 10.6 Å². The van der Waals surface area contributed by atoms with Crippen LogP contribution in [0.25, 0.3) is 0 Å². The summed E-state index contributed by atoms with van der Waals surface area (Å²) in [6, 6.07) is 0. The van der Waals surface area contributed by atoms with Gasteiger partial charge in [-0.25, -0.2) is 0 Å². The highest BCUT2D eigenvalue weighted by atomic mass is 16.5. The summed E-state index contributed by atoms with van der Waals surface area (Å²) in [5.41, 5.74) is 2.39. The Bertz CT molecular complexity index is 520. The van der Waals surface area contributed by atoms with Crippen molar-refractivity contribution >= 4 is 12.2 Å². The molecule has 0 bridgehead atoms. The molecule has 2 N–H and O–H groups in total. The van der Waals surface area contributed by atoms with Crippen LogP contribution in [0.2, 0.25) is 0 Å². The smallest absolute Gasteiger partial charge is 0.249 e. The highest BCUT2D eigenvalue weighted by molar-refractivity contribution is 5.94. The molecular formula is C21H38N4O2. The van der Waals surface area contributed by atoms with Gasteiger partial charge in [0.1, 0.15) is 0 Å². The zero-order valence-electron chi connectivity index (χ0n) is 17.6. The number of carbonyl (C=O) groups excluding carboxylic acids is 1. The van der Waals surface area contributed by atoms with Gasteiger partial charge in [0.15, 0.2) is 0 Å². The third kappa shape index (κ3) is 9.73. The van der Waals surface area contributed by atoms with E-state index >= 15 is 0 Å². The lowest BCUT2D eigenvalue weighted by molar-refractivity contribution is -0.117. The van der Waals surface area contributed by atoms with Gasteiger partial charge in [0.25, 0.3) is 0 Å². The van der Waals surface area contributed by atoms with Gasteiger partial charge in [-0.15, -0.1) is 0 Å². The molecule has 6 heteroatoms. The lowest BCUT2D eigenvalue weighted by Gasteiger charge is -2.25. The first kappa shape index (κ1) is 23.4. The minimum atomic E-state index is -0.0443. The molecule has 6 nitrogen and oxygen atoms in total. The predicted molar refractivity (Wildman–Crippen MR) is 113 cm³/mol. The second kappa shape index (κ2) is 13.5. The molecule has 0 atom stereocenters. The van der Waals surface area contributed by atoms with Crippen LogP contribution in [0, 0.1) is 5.92 Å². The second-order valence-corrected chi connectivity index (χ2v) is 7.43. The zero-order chi connectivity index (χ0) is 20.1. The fourth-order valence-corrected chi connectivity index (χ4v) is 2.82. The van der Waals surface area contributed by atoms with E-state index in [9.17, 15) is 4.79 Å².